The van der Waals surface area contributed by atoms with Gasteiger partial charge >= 0.3 is 0 Å². The Hall–Kier alpha value is -1.67. The maximum absolute atomic E-state index is 12.3. The van der Waals surface area contributed by atoms with E-state index in [9.17, 15) is 4.79 Å². The van der Waals surface area contributed by atoms with E-state index in [1.165, 1.54) is 37.5 Å². The van der Waals surface area contributed by atoms with Crippen LogP contribution in [0.3, 0.4) is 0 Å². The molecule has 0 saturated heterocycles. The van der Waals surface area contributed by atoms with Gasteiger partial charge in [0.15, 0.2) is 5.78 Å². The van der Waals surface area contributed by atoms with E-state index in [1.807, 2.05) is 30.3 Å². The van der Waals surface area contributed by atoms with Crippen LogP contribution in [0.2, 0.25) is 0 Å². The Morgan fingerprint density at radius 1 is 1.00 bits per heavy atom. The summed E-state index contributed by atoms with van der Waals surface area (Å²) in [6, 6.07) is 14.7. The van der Waals surface area contributed by atoms with Gasteiger partial charge in [0, 0.05) is 11.6 Å². The van der Waals surface area contributed by atoms with Crippen LogP contribution in [0.5, 0.6) is 0 Å². The zero-order chi connectivity index (χ0) is 13.8. The number of hydrogen-bond acceptors (Lipinski definition) is 2. The van der Waals surface area contributed by atoms with Crippen molar-refractivity contribution in [3.8, 4) is 0 Å². The van der Waals surface area contributed by atoms with Crippen LogP contribution in [0, 0.1) is 0 Å². The van der Waals surface area contributed by atoms with Crippen molar-refractivity contribution in [1.29, 1.82) is 0 Å². The van der Waals surface area contributed by atoms with E-state index in [0.29, 0.717) is 12.6 Å². The molecule has 2 nitrogen and oxygen atoms in total. The van der Waals surface area contributed by atoms with E-state index < -0.39 is 0 Å². The smallest absolute Gasteiger partial charge is 0.176 e. The van der Waals surface area contributed by atoms with Gasteiger partial charge in [-0.15, -0.1) is 0 Å². The second-order valence-corrected chi connectivity index (χ2v) is 5.70. The molecule has 0 bridgehead atoms. The van der Waals surface area contributed by atoms with E-state index in [4.69, 9.17) is 0 Å². The van der Waals surface area contributed by atoms with Gasteiger partial charge in [0.2, 0.25) is 0 Å². The van der Waals surface area contributed by atoms with Crippen molar-refractivity contribution in [2.45, 2.75) is 38.1 Å². The van der Waals surface area contributed by atoms with Gasteiger partial charge in [-0.05, 0) is 29.7 Å². The lowest BCUT2D eigenvalue weighted by molar-refractivity contribution is 0.0985. The average molecular weight is 267 g/mol. The molecule has 0 heterocycles. The van der Waals surface area contributed by atoms with Gasteiger partial charge in [-0.2, -0.15) is 0 Å². The molecule has 2 aromatic rings. The van der Waals surface area contributed by atoms with Gasteiger partial charge in [-0.3, -0.25) is 4.79 Å². The van der Waals surface area contributed by atoms with E-state index in [2.05, 4.69) is 17.4 Å². The fourth-order valence-corrected chi connectivity index (χ4v) is 3.01. The summed E-state index contributed by atoms with van der Waals surface area (Å²) in [7, 11) is 0. The van der Waals surface area contributed by atoms with E-state index in [0.717, 1.165) is 10.9 Å². The SMILES string of the molecule is O=C(CNC1CCCCC1)c1ccc2ccccc2c1. The van der Waals surface area contributed by atoms with Crippen LogP contribution in [0.1, 0.15) is 42.5 Å². The van der Waals surface area contributed by atoms with Crippen molar-refractivity contribution in [2.24, 2.45) is 0 Å². The Labute approximate surface area is 120 Å². The number of ketones is 1. The fourth-order valence-electron chi connectivity index (χ4n) is 3.01. The van der Waals surface area contributed by atoms with Crippen LogP contribution < -0.4 is 5.32 Å². The molecule has 1 aliphatic carbocycles. The molecule has 0 radical (unpaired) electrons. The number of nitrogens with one attached hydrogen (secondary N) is 1. The molecule has 1 N–H and O–H groups in total. The quantitative estimate of drug-likeness (QED) is 0.850. The lowest BCUT2D eigenvalue weighted by Crippen LogP contribution is -2.35. The first-order valence-electron chi connectivity index (χ1n) is 7.58. The Morgan fingerprint density at radius 2 is 1.75 bits per heavy atom. The topological polar surface area (TPSA) is 29.1 Å². The summed E-state index contributed by atoms with van der Waals surface area (Å²) in [5.41, 5.74) is 0.812. The second-order valence-electron chi connectivity index (χ2n) is 5.70. The van der Waals surface area contributed by atoms with Crippen molar-refractivity contribution in [3.05, 3.63) is 48.0 Å². The number of carbonyl (C=O) groups is 1. The molecule has 1 aliphatic rings. The van der Waals surface area contributed by atoms with Crippen LogP contribution in [-0.4, -0.2) is 18.4 Å². The Balaban J connectivity index is 1.65. The fraction of sp³-hybridized carbons (Fsp3) is 0.389. The van der Waals surface area contributed by atoms with Crippen molar-refractivity contribution in [3.63, 3.8) is 0 Å². The lowest BCUT2D eigenvalue weighted by Gasteiger charge is -2.22. The third-order valence-corrected chi connectivity index (χ3v) is 4.23. The van der Waals surface area contributed by atoms with Crippen molar-refractivity contribution >= 4 is 16.6 Å². The highest BCUT2D eigenvalue weighted by atomic mass is 16.1. The summed E-state index contributed by atoms with van der Waals surface area (Å²) >= 11 is 0. The van der Waals surface area contributed by atoms with Gasteiger partial charge in [0.1, 0.15) is 0 Å². The monoisotopic (exact) mass is 267 g/mol. The normalized spacial score (nSPS) is 16.4. The van der Waals surface area contributed by atoms with Crippen LogP contribution >= 0.6 is 0 Å². The molecule has 0 unspecified atom stereocenters. The zero-order valence-corrected chi connectivity index (χ0v) is 11.8. The average Bonchev–Trinajstić information content (AvgIpc) is 2.53. The molecular formula is C18H21NO. The summed E-state index contributed by atoms with van der Waals surface area (Å²) in [4.78, 5) is 12.3. The zero-order valence-electron chi connectivity index (χ0n) is 11.8. The molecule has 0 atom stereocenters. The lowest BCUT2D eigenvalue weighted by atomic mass is 9.95. The molecule has 0 amide bonds. The summed E-state index contributed by atoms with van der Waals surface area (Å²) < 4.78 is 0. The molecule has 2 aromatic carbocycles. The largest absolute Gasteiger partial charge is 0.307 e. The molecule has 1 saturated carbocycles. The molecule has 3 rings (SSSR count). The molecule has 1 fully saturated rings. The van der Waals surface area contributed by atoms with Gasteiger partial charge in [0.25, 0.3) is 0 Å². The first kappa shape index (κ1) is 13.3. The number of benzene rings is 2. The predicted molar refractivity (Wildman–Crippen MR) is 83.2 cm³/mol. The molecular weight excluding hydrogens is 246 g/mol. The minimum atomic E-state index is 0.196. The highest BCUT2D eigenvalue weighted by Crippen LogP contribution is 2.18. The Morgan fingerprint density at radius 3 is 2.55 bits per heavy atom. The van der Waals surface area contributed by atoms with Gasteiger partial charge in [0.05, 0.1) is 6.54 Å². The van der Waals surface area contributed by atoms with Crippen LogP contribution in [0.15, 0.2) is 42.5 Å². The summed E-state index contributed by atoms with van der Waals surface area (Å²) in [5.74, 6) is 0.196. The summed E-state index contributed by atoms with van der Waals surface area (Å²) in [6.07, 6.45) is 6.36. The number of hydrogen-bond donors (Lipinski definition) is 1. The van der Waals surface area contributed by atoms with Gasteiger partial charge in [-0.25, -0.2) is 0 Å². The first-order valence-corrected chi connectivity index (χ1v) is 7.58. The highest BCUT2D eigenvalue weighted by molar-refractivity contribution is 6.01. The van der Waals surface area contributed by atoms with Crippen molar-refractivity contribution in [2.75, 3.05) is 6.54 Å². The molecule has 2 heteroatoms. The Bertz CT molecular complexity index is 599. The second kappa shape index (κ2) is 6.19. The summed E-state index contributed by atoms with van der Waals surface area (Å²) in [6.45, 7) is 0.461. The molecule has 104 valence electrons. The van der Waals surface area contributed by atoms with E-state index in [-0.39, 0.29) is 5.78 Å². The number of fused-ring (bicyclic) bond motifs is 1. The van der Waals surface area contributed by atoms with Crippen LogP contribution in [0.4, 0.5) is 0 Å². The number of Topliss-reactive ketones (excluding diaryl/α,β-unsaturated/α-hetero) is 1. The third-order valence-electron chi connectivity index (χ3n) is 4.23. The van der Waals surface area contributed by atoms with Crippen LogP contribution in [0.25, 0.3) is 10.8 Å². The highest BCUT2D eigenvalue weighted by Gasteiger charge is 2.14. The maximum Gasteiger partial charge on any atom is 0.176 e. The maximum atomic E-state index is 12.3. The van der Waals surface area contributed by atoms with Gasteiger partial charge in [-0.1, -0.05) is 55.7 Å². The van der Waals surface area contributed by atoms with E-state index in [1.54, 1.807) is 0 Å². The predicted octanol–water partition coefficient (Wildman–Crippen LogP) is 3.94. The van der Waals surface area contributed by atoms with Crippen molar-refractivity contribution < 1.29 is 4.79 Å². The first-order chi connectivity index (χ1) is 9.83. The van der Waals surface area contributed by atoms with Crippen molar-refractivity contribution in [1.82, 2.24) is 5.32 Å². The third kappa shape index (κ3) is 3.07. The molecule has 20 heavy (non-hydrogen) atoms. The van der Waals surface area contributed by atoms with Crippen LogP contribution in [-0.2, 0) is 0 Å². The molecule has 0 aliphatic heterocycles. The standard InChI is InChI=1S/C18H21NO/c20-18(13-19-17-8-2-1-3-9-17)16-11-10-14-6-4-5-7-15(14)12-16/h4-7,10-12,17,19H,1-3,8-9,13H2. The van der Waals surface area contributed by atoms with E-state index >= 15 is 0 Å². The molecule has 0 aromatic heterocycles. The Kier molecular flexibility index (Phi) is 4.12. The summed E-state index contributed by atoms with van der Waals surface area (Å²) in [5, 5.41) is 5.74. The molecule has 0 spiro atoms. The number of carbonyl (C=O) groups excluding carboxylic acids is 1. The minimum Gasteiger partial charge on any atom is -0.307 e. The number of rotatable bonds is 4. The minimum absolute atomic E-state index is 0.196. The van der Waals surface area contributed by atoms with Gasteiger partial charge < -0.3 is 5.32 Å².